The molecule has 0 heterocycles. The summed E-state index contributed by atoms with van der Waals surface area (Å²) in [5.41, 5.74) is 0.387. The Morgan fingerprint density at radius 2 is 1.78 bits per heavy atom. The van der Waals surface area contributed by atoms with Crippen LogP contribution in [0.15, 0.2) is 42.5 Å². The van der Waals surface area contributed by atoms with E-state index in [0.29, 0.717) is 0 Å². The molecule has 1 amide bonds. The van der Waals surface area contributed by atoms with Crippen LogP contribution in [0.3, 0.4) is 0 Å². The second-order valence-corrected chi connectivity index (χ2v) is 5.39. The van der Waals surface area contributed by atoms with E-state index in [-0.39, 0.29) is 22.6 Å². The van der Waals surface area contributed by atoms with Gasteiger partial charge in [0.05, 0.1) is 25.5 Å². The number of esters is 1. The minimum absolute atomic E-state index is 0.00307. The van der Waals surface area contributed by atoms with E-state index in [1.165, 1.54) is 45.5 Å². The van der Waals surface area contributed by atoms with Crippen molar-refractivity contribution >= 4 is 23.5 Å². The fourth-order valence-electron chi connectivity index (χ4n) is 2.31. The molecule has 0 aromatic heterocycles. The van der Waals surface area contributed by atoms with Gasteiger partial charge in [-0.25, -0.2) is 14.0 Å². The quantitative estimate of drug-likeness (QED) is 0.570. The van der Waals surface area contributed by atoms with Gasteiger partial charge in [-0.15, -0.1) is 0 Å². The number of rotatable bonds is 6. The number of hydrogen-bond acceptors (Lipinski definition) is 6. The molecule has 2 aromatic rings. The predicted octanol–water partition coefficient (Wildman–Crippen LogP) is 3.08. The lowest BCUT2D eigenvalue weighted by Crippen LogP contribution is -2.28. The van der Waals surface area contributed by atoms with Crippen LogP contribution in [0.2, 0.25) is 0 Å². The van der Waals surface area contributed by atoms with Crippen LogP contribution in [0.5, 0.6) is 5.75 Å². The molecule has 0 aliphatic carbocycles. The molecule has 0 bridgehead atoms. The number of ketones is 1. The van der Waals surface area contributed by atoms with Crippen molar-refractivity contribution in [3.05, 3.63) is 59.4 Å². The van der Waals surface area contributed by atoms with Crippen molar-refractivity contribution in [2.24, 2.45) is 0 Å². The first-order chi connectivity index (χ1) is 12.9. The molecule has 0 radical (unpaired) electrons. The highest BCUT2D eigenvalue weighted by Crippen LogP contribution is 2.21. The summed E-state index contributed by atoms with van der Waals surface area (Å²) < 4.78 is 28.1. The standard InChI is InChI=1S/C19H18FNO6/c1-21(19(24)26-3)15-7-5-4-6-13(15)18(23)27-11-16(22)12-8-9-17(25-2)14(20)10-12/h4-10H,11H2,1-3H3. The van der Waals surface area contributed by atoms with Gasteiger partial charge in [-0.2, -0.15) is 0 Å². The van der Waals surface area contributed by atoms with Gasteiger partial charge in [0, 0.05) is 12.6 Å². The summed E-state index contributed by atoms with van der Waals surface area (Å²) in [6, 6.07) is 9.90. The Balaban J connectivity index is 2.11. The van der Waals surface area contributed by atoms with Crippen molar-refractivity contribution < 1.29 is 33.0 Å². The van der Waals surface area contributed by atoms with Crippen LogP contribution in [0.25, 0.3) is 0 Å². The number of hydrogen-bond donors (Lipinski definition) is 0. The number of Topliss-reactive ketones (excluding diaryl/α,β-unsaturated/α-hetero) is 1. The van der Waals surface area contributed by atoms with Crippen LogP contribution >= 0.6 is 0 Å². The minimum Gasteiger partial charge on any atom is -0.494 e. The van der Waals surface area contributed by atoms with Gasteiger partial charge in [0.25, 0.3) is 0 Å². The van der Waals surface area contributed by atoms with Gasteiger partial charge in [0.2, 0.25) is 0 Å². The number of benzene rings is 2. The number of nitrogens with zero attached hydrogens (tertiary/aromatic N) is 1. The first kappa shape index (κ1) is 19.9. The highest BCUT2D eigenvalue weighted by Gasteiger charge is 2.21. The molecule has 0 atom stereocenters. The van der Waals surface area contributed by atoms with Gasteiger partial charge < -0.3 is 14.2 Å². The second kappa shape index (κ2) is 8.79. The van der Waals surface area contributed by atoms with Crippen molar-refractivity contribution in [3.63, 3.8) is 0 Å². The molecular weight excluding hydrogens is 357 g/mol. The fraction of sp³-hybridized carbons (Fsp3) is 0.211. The number of para-hydroxylation sites is 1. The first-order valence-electron chi connectivity index (χ1n) is 7.83. The second-order valence-electron chi connectivity index (χ2n) is 5.39. The zero-order valence-electron chi connectivity index (χ0n) is 15.0. The van der Waals surface area contributed by atoms with Crippen molar-refractivity contribution in [1.29, 1.82) is 0 Å². The maximum absolute atomic E-state index is 13.7. The summed E-state index contributed by atoms with van der Waals surface area (Å²) in [6.45, 7) is -0.582. The summed E-state index contributed by atoms with van der Waals surface area (Å²) in [7, 11) is 3.96. The number of carbonyl (C=O) groups is 3. The molecule has 0 saturated carbocycles. The highest BCUT2D eigenvalue weighted by molar-refractivity contribution is 6.03. The average molecular weight is 375 g/mol. The third-order valence-electron chi connectivity index (χ3n) is 3.74. The Morgan fingerprint density at radius 1 is 1.07 bits per heavy atom. The molecule has 142 valence electrons. The summed E-state index contributed by atoms with van der Waals surface area (Å²) in [5, 5.41) is 0. The fourth-order valence-corrected chi connectivity index (χ4v) is 2.31. The monoisotopic (exact) mass is 375 g/mol. The lowest BCUT2D eigenvalue weighted by molar-refractivity contribution is 0.0475. The number of carbonyl (C=O) groups excluding carboxylic acids is 3. The summed E-state index contributed by atoms with van der Waals surface area (Å²) in [6.07, 6.45) is -0.667. The van der Waals surface area contributed by atoms with E-state index >= 15 is 0 Å². The number of methoxy groups -OCH3 is 2. The van der Waals surface area contributed by atoms with E-state index in [4.69, 9.17) is 9.47 Å². The summed E-state index contributed by atoms with van der Waals surface area (Å²) in [5.74, 6) is -2.07. The Kier molecular flexibility index (Phi) is 6.48. The maximum atomic E-state index is 13.7. The van der Waals surface area contributed by atoms with Gasteiger partial charge in [-0.3, -0.25) is 9.69 Å². The molecule has 2 rings (SSSR count). The molecule has 7 nitrogen and oxygen atoms in total. The topological polar surface area (TPSA) is 82.1 Å². The Morgan fingerprint density at radius 3 is 2.41 bits per heavy atom. The van der Waals surface area contributed by atoms with Gasteiger partial charge in [-0.05, 0) is 30.3 Å². The van der Waals surface area contributed by atoms with E-state index in [1.54, 1.807) is 12.1 Å². The van der Waals surface area contributed by atoms with Crippen LogP contribution in [0.1, 0.15) is 20.7 Å². The molecule has 0 unspecified atom stereocenters. The summed E-state index contributed by atoms with van der Waals surface area (Å²) in [4.78, 5) is 37.3. The Hall–Kier alpha value is -3.42. The SMILES string of the molecule is COC(=O)N(C)c1ccccc1C(=O)OCC(=O)c1ccc(OC)c(F)c1. The third kappa shape index (κ3) is 4.60. The normalized spacial score (nSPS) is 10.1. The molecular formula is C19H18FNO6. The maximum Gasteiger partial charge on any atom is 0.413 e. The zero-order chi connectivity index (χ0) is 20.0. The lowest BCUT2D eigenvalue weighted by atomic mass is 10.1. The van der Waals surface area contributed by atoms with Crippen LogP contribution in [0, 0.1) is 5.82 Å². The Bertz CT molecular complexity index is 867. The lowest BCUT2D eigenvalue weighted by Gasteiger charge is -2.18. The first-order valence-corrected chi connectivity index (χ1v) is 7.83. The molecule has 27 heavy (non-hydrogen) atoms. The van der Waals surface area contributed by atoms with Crippen molar-refractivity contribution in [2.75, 3.05) is 32.8 Å². The number of halogens is 1. The van der Waals surface area contributed by atoms with E-state index in [2.05, 4.69) is 4.74 Å². The summed E-state index contributed by atoms with van der Waals surface area (Å²) >= 11 is 0. The molecule has 0 fully saturated rings. The van der Waals surface area contributed by atoms with Crippen molar-refractivity contribution in [1.82, 2.24) is 0 Å². The van der Waals surface area contributed by atoms with Crippen LogP contribution < -0.4 is 9.64 Å². The van der Waals surface area contributed by atoms with Gasteiger partial charge in [0.1, 0.15) is 0 Å². The molecule has 2 aromatic carbocycles. The smallest absolute Gasteiger partial charge is 0.413 e. The van der Waals surface area contributed by atoms with E-state index in [9.17, 15) is 18.8 Å². The Labute approximate surface area is 155 Å². The zero-order valence-corrected chi connectivity index (χ0v) is 15.0. The highest BCUT2D eigenvalue weighted by atomic mass is 19.1. The van der Waals surface area contributed by atoms with Crippen molar-refractivity contribution in [2.45, 2.75) is 0 Å². The number of anilines is 1. The van der Waals surface area contributed by atoms with Crippen LogP contribution in [-0.2, 0) is 9.47 Å². The average Bonchev–Trinajstić information content (AvgIpc) is 2.70. The molecule has 0 N–H and O–H groups in total. The molecule has 0 aliphatic rings. The van der Waals surface area contributed by atoms with Gasteiger partial charge in [-0.1, -0.05) is 12.1 Å². The van der Waals surface area contributed by atoms with Gasteiger partial charge in [0.15, 0.2) is 24.0 Å². The number of amides is 1. The largest absolute Gasteiger partial charge is 0.494 e. The molecule has 0 saturated heterocycles. The molecule has 0 spiro atoms. The predicted molar refractivity (Wildman–Crippen MR) is 94.8 cm³/mol. The van der Waals surface area contributed by atoms with Crippen LogP contribution in [0.4, 0.5) is 14.9 Å². The van der Waals surface area contributed by atoms with E-state index < -0.39 is 30.3 Å². The van der Waals surface area contributed by atoms with E-state index in [0.717, 1.165) is 11.0 Å². The molecule has 8 heteroatoms. The molecule has 0 aliphatic heterocycles. The van der Waals surface area contributed by atoms with Gasteiger partial charge >= 0.3 is 12.1 Å². The van der Waals surface area contributed by atoms with Crippen molar-refractivity contribution in [3.8, 4) is 5.75 Å². The minimum atomic E-state index is -0.802. The van der Waals surface area contributed by atoms with E-state index in [1.807, 2.05) is 0 Å². The third-order valence-corrected chi connectivity index (χ3v) is 3.74. The van der Waals surface area contributed by atoms with Crippen LogP contribution in [-0.4, -0.2) is 45.7 Å². The number of ether oxygens (including phenoxy) is 3.